The second kappa shape index (κ2) is 13.5. The van der Waals surface area contributed by atoms with Crippen LogP contribution in [0.1, 0.15) is 35.5 Å². The second-order valence-electron chi connectivity index (χ2n) is 9.70. The smallest absolute Gasteiger partial charge is 0.320 e. The van der Waals surface area contributed by atoms with Crippen LogP contribution in [0.15, 0.2) is 61.1 Å². The third-order valence-corrected chi connectivity index (χ3v) is 6.73. The number of aryl methyl sites for hydroxylation is 1. The van der Waals surface area contributed by atoms with Gasteiger partial charge in [-0.3, -0.25) is 10.2 Å². The predicted octanol–water partition coefficient (Wildman–Crippen LogP) is 3.77. The van der Waals surface area contributed by atoms with Crippen LogP contribution in [0.5, 0.6) is 5.88 Å². The van der Waals surface area contributed by atoms with E-state index in [1.807, 2.05) is 44.2 Å². The maximum Gasteiger partial charge on any atom is 0.320 e. The molecule has 1 aliphatic rings. The number of rotatable bonds is 11. The highest BCUT2D eigenvalue weighted by molar-refractivity contribution is 5.90. The van der Waals surface area contributed by atoms with Gasteiger partial charge in [-0.1, -0.05) is 25.1 Å². The Morgan fingerprint density at radius 1 is 1.17 bits per heavy atom. The van der Waals surface area contributed by atoms with Gasteiger partial charge in [0.1, 0.15) is 24.4 Å². The molecule has 4 heterocycles. The van der Waals surface area contributed by atoms with Gasteiger partial charge in [-0.25, -0.2) is 24.4 Å². The molecule has 5 rings (SSSR count). The number of ether oxygens (including phenoxy) is 2. The highest BCUT2D eigenvalue weighted by Crippen LogP contribution is 2.31. The number of nitrogens with zero attached hydrogens (tertiary/aromatic N) is 6. The molecule has 0 radical (unpaired) electrons. The Morgan fingerprint density at radius 2 is 1.95 bits per heavy atom. The van der Waals surface area contributed by atoms with Crippen molar-refractivity contribution in [2.45, 2.75) is 39.0 Å². The van der Waals surface area contributed by atoms with Crippen LogP contribution in [-0.4, -0.2) is 68.7 Å². The zero-order valence-electron chi connectivity index (χ0n) is 23.7. The van der Waals surface area contributed by atoms with Gasteiger partial charge in [0.2, 0.25) is 11.8 Å². The molecule has 2 N–H and O–H groups in total. The van der Waals surface area contributed by atoms with Crippen molar-refractivity contribution in [3.8, 4) is 11.6 Å². The molecule has 1 aromatic carbocycles. The molecule has 42 heavy (non-hydrogen) atoms. The fourth-order valence-electron chi connectivity index (χ4n) is 4.56. The summed E-state index contributed by atoms with van der Waals surface area (Å²) in [6.07, 6.45) is 4.96. The third-order valence-electron chi connectivity index (χ3n) is 6.73. The van der Waals surface area contributed by atoms with Crippen molar-refractivity contribution in [2.75, 3.05) is 32.1 Å². The first-order chi connectivity index (χ1) is 20.4. The van der Waals surface area contributed by atoms with Crippen LogP contribution >= 0.6 is 0 Å². The summed E-state index contributed by atoms with van der Waals surface area (Å²) in [4.78, 5) is 31.7. The van der Waals surface area contributed by atoms with E-state index in [1.54, 1.807) is 35.3 Å². The Bertz CT molecular complexity index is 1480. The predicted molar refractivity (Wildman–Crippen MR) is 151 cm³/mol. The van der Waals surface area contributed by atoms with Crippen LogP contribution in [0.4, 0.5) is 15.0 Å². The van der Waals surface area contributed by atoms with Crippen molar-refractivity contribution in [1.82, 2.24) is 35.1 Å². The minimum atomic E-state index is -0.627. The SMILES string of the molecule is CCc1ncc(COc2nn(-c3ccccc3)c(NC(=O)N[C@@H]3CN(CCOC)O[C@H]3c3ccnc(F)c3)c2C)cn1. The van der Waals surface area contributed by atoms with Gasteiger partial charge in [0.15, 0.2) is 0 Å². The van der Waals surface area contributed by atoms with Crippen LogP contribution in [0.2, 0.25) is 0 Å². The average molecular weight is 577 g/mol. The Labute approximate surface area is 242 Å². The zero-order valence-corrected chi connectivity index (χ0v) is 23.7. The van der Waals surface area contributed by atoms with Gasteiger partial charge in [0.05, 0.1) is 23.9 Å². The van der Waals surface area contributed by atoms with E-state index >= 15 is 0 Å². The number of hydrogen-bond acceptors (Lipinski definition) is 9. The number of amides is 2. The fraction of sp³-hybridized carbons (Fsp3) is 0.345. The average Bonchev–Trinajstić information content (AvgIpc) is 3.55. The highest BCUT2D eigenvalue weighted by Gasteiger charge is 2.37. The molecule has 13 heteroatoms. The number of aromatic nitrogens is 5. The van der Waals surface area contributed by atoms with Gasteiger partial charge < -0.3 is 14.8 Å². The van der Waals surface area contributed by atoms with Crippen LogP contribution in [0.3, 0.4) is 0 Å². The summed E-state index contributed by atoms with van der Waals surface area (Å²) in [6.45, 7) is 5.31. The molecule has 12 nitrogen and oxygen atoms in total. The molecular weight excluding hydrogens is 543 g/mol. The molecule has 1 fully saturated rings. The fourth-order valence-corrected chi connectivity index (χ4v) is 4.56. The summed E-state index contributed by atoms with van der Waals surface area (Å²) < 4.78 is 26.7. The second-order valence-corrected chi connectivity index (χ2v) is 9.70. The minimum absolute atomic E-state index is 0.211. The third kappa shape index (κ3) is 6.87. The number of anilines is 1. The molecule has 220 valence electrons. The topological polar surface area (TPSA) is 129 Å². The molecule has 1 aliphatic heterocycles. The van der Waals surface area contributed by atoms with E-state index < -0.39 is 24.1 Å². The van der Waals surface area contributed by atoms with E-state index in [4.69, 9.17) is 14.3 Å². The molecule has 2 amide bonds. The number of hydroxylamine groups is 2. The maximum absolute atomic E-state index is 13.9. The number of urea groups is 1. The zero-order chi connectivity index (χ0) is 29.5. The lowest BCUT2D eigenvalue weighted by molar-refractivity contribution is -0.154. The molecule has 0 spiro atoms. The van der Waals surface area contributed by atoms with Crippen molar-refractivity contribution in [2.24, 2.45) is 0 Å². The Hall–Kier alpha value is -4.46. The monoisotopic (exact) mass is 576 g/mol. The summed E-state index contributed by atoms with van der Waals surface area (Å²) >= 11 is 0. The Balaban J connectivity index is 1.35. The lowest BCUT2D eigenvalue weighted by atomic mass is 10.0. The van der Waals surface area contributed by atoms with E-state index in [9.17, 15) is 9.18 Å². The number of carbonyl (C=O) groups excluding carboxylic acids is 1. The van der Waals surface area contributed by atoms with Crippen molar-refractivity contribution in [3.63, 3.8) is 0 Å². The summed E-state index contributed by atoms with van der Waals surface area (Å²) in [6, 6.07) is 11.4. The summed E-state index contributed by atoms with van der Waals surface area (Å²) in [5.74, 6) is 0.922. The molecule has 0 bridgehead atoms. The Kier molecular flexibility index (Phi) is 9.31. The first kappa shape index (κ1) is 29.0. The van der Waals surface area contributed by atoms with Crippen LogP contribution < -0.4 is 15.4 Å². The maximum atomic E-state index is 13.9. The largest absolute Gasteiger partial charge is 0.471 e. The minimum Gasteiger partial charge on any atom is -0.471 e. The standard InChI is InChI=1S/C29H33FN8O4/c1-4-25-32-15-20(16-33-25)18-41-28-19(2)27(38(36-28)22-8-6-5-7-9-22)35-29(39)34-23-17-37(12-13-40-3)42-26(23)21-10-11-31-24(30)14-21/h5-11,14-16,23,26H,4,12-13,17-18H2,1-3H3,(H2,34,35,39)/t23-,26+/m1/s1. The number of hydrogen-bond donors (Lipinski definition) is 2. The van der Waals surface area contributed by atoms with E-state index in [1.165, 1.54) is 12.3 Å². The molecule has 2 atom stereocenters. The number of nitrogens with one attached hydrogen (secondary N) is 2. The normalized spacial score (nSPS) is 16.9. The van der Waals surface area contributed by atoms with Gasteiger partial charge in [-0.2, -0.15) is 9.45 Å². The van der Waals surface area contributed by atoms with Crippen LogP contribution in [0, 0.1) is 12.9 Å². The van der Waals surface area contributed by atoms with Crippen molar-refractivity contribution >= 4 is 11.8 Å². The first-order valence-electron chi connectivity index (χ1n) is 13.6. The molecule has 4 aromatic rings. The molecule has 3 aromatic heterocycles. The van der Waals surface area contributed by atoms with E-state index in [0.717, 1.165) is 23.5 Å². The lowest BCUT2D eigenvalue weighted by Crippen LogP contribution is -2.42. The number of benzene rings is 1. The first-order valence-corrected chi connectivity index (χ1v) is 13.6. The van der Waals surface area contributed by atoms with Crippen molar-refractivity contribution in [3.05, 3.63) is 89.5 Å². The van der Waals surface area contributed by atoms with E-state index in [-0.39, 0.29) is 6.61 Å². The summed E-state index contributed by atoms with van der Waals surface area (Å²) in [5.41, 5.74) is 2.73. The number of para-hydroxylation sites is 1. The molecule has 0 aliphatic carbocycles. The van der Waals surface area contributed by atoms with Crippen molar-refractivity contribution in [1.29, 1.82) is 0 Å². The van der Waals surface area contributed by atoms with Crippen LogP contribution in [-0.2, 0) is 22.6 Å². The van der Waals surface area contributed by atoms with Gasteiger partial charge >= 0.3 is 6.03 Å². The number of halogens is 1. The highest BCUT2D eigenvalue weighted by atomic mass is 19.1. The Morgan fingerprint density at radius 3 is 2.67 bits per heavy atom. The van der Waals surface area contributed by atoms with Crippen LogP contribution in [0.25, 0.3) is 5.69 Å². The number of pyridine rings is 1. The lowest BCUT2D eigenvalue weighted by Gasteiger charge is -2.19. The number of methoxy groups -OCH3 is 1. The molecule has 0 saturated carbocycles. The molecule has 0 unspecified atom stereocenters. The van der Waals surface area contributed by atoms with E-state index in [0.29, 0.717) is 42.5 Å². The van der Waals surface area contributed by atoms with Gasteiger partial charge in [0.25, 0.3) is 0 Å². The number of carbonyl (C=O) groups is 1. The quantitative estimate of drug-likeness (QED) is 0.256. The van der Waals surface area contributed by atoms with Gasteiger partial charge in [0, 0.05) is 50.8 Å². The van der Waals surface area contributed by atoms with Crippen molar-refractivity contribution < 1.29 is 23.5 Å². The molecule has 1 saturated heterocycles. The molecular formula is C29H33FN8O4. The van der Waals surface area contributed by atoms with Gasteiger partial charge in [-0.15, -0.1) is 5.10 Å². The van der Waals surface area contributed by atoms with Gasteiger partial charge in [-0.05, 0) is 36.8 Å². The van der Waals surface area contributed by atoms with E-state index in [2.05, 4.69) is 30.7 Å². The summed E-state index contributed by atoms with van der Waals surface area (Å²) in [5, 5.41) is 12.3. The summed E-state index contributed by atoms with van der Waals surface area (Å²) in [7, 11) is 1.60.